The van der Waals surface area contributed by atoms with E-state index in [2.05, 4.69) is 146 Å². The maximum absolute atomic E-state index is 6.82. The van der Waals surface area contributed by atoms with Gasteiger partial charge in [0.05, 0.1) is 22.4 Å². The number of aromatic nitrogens is 3. The molecule has 4 nitrogen and oxygen atoms in total. The second kappa shape index (κ2) is 10.8. The summed E-state index contributed by atoms with van der Waals surface area (Å²) in [7, 11) is 0. The van der Waals surface area contributed by atoms with Crippen molar-refractivity contribution < 1.29 is 4.42 Å². The van der Waals surface area contributed by atoms with Gasteiger partial charge in [-0.2, -0.15) is 0 Å². The van der Waals surface area contributed by atoms with E-state index in [4.69, 9.17) is 14.4 Å². The van der Waals surface area contributed by atoms with Crippen LogP contribution in [0.15, 0.2) is 151 Å². The van der Waals surface area contributed by atoms with Gasteiger partial charge in [0, 0.05) is 38.2 Å². The molecule has 0 fully saturated rings. The molecule has 3 heterocycles. The van der Waals surface area contributed by atoms with Crippen LogP contribution in [0.25, 0.3) is 77.8 Å². The van der Waals surface area contributed by atoms with Crippen LogP contribution < -0.4 is 0 Å². The molecular formula is C44H33N3O. The lowest BCUT2D eigenvalue weighted by Crippen LogP contribution is -2.20. The van der Waals surface area contributed by atoms with Gasteiger partial charge in [-0.3, -0.25) is 4.57 Å². The predicted molar refractivity (Wildman–Crippen MR) is 199 cm³/mol. The number of hydrogen-bond acceptors (Lipinski definition) is 3. The fourth-order valence-corrected chi connectivity index (χ4v) is 7.45. The van der Waals surface area contributed by atoms with Crippen molar-refractivity contribution >= 4 is 49.3 Å². The van der Waals surface area contributed by atoms with Crippen LogP contribution in [0.2, 0.25) is 0 Å². The molecule has 4 heteroatoms. The number of allylic oxidation sites excluding steroid dienone is 5. The third-order valence-electron chi connectivity index (χ3n) is 9.66. The van der Waals surface area contributed by atoms with Crippen LogP contribution in [0.5, 0.6) is 0 Å². The van der Waals surface area contributed by atoms with E-state index in [1.165, 1.54) is 5.56 Å². The van der Waals surface area contributed by atoms with E-state index in [9.17, 15) is 0 Å². The Bertz CT molecular complexity index is 2560. The van der Waals surface area contributed by atoms with Gasteiger partial charge in [0.15, 0.2) is 0 Å². The van der Waals surface area contributed by atoms with Crippen LogP contribution in [0, 0.1) is 0 Å². The molecular weight excluding hydrogens is 587 g/mol. The third-order valence-corrected chi connectivity index (χ3v) is 9.66. The van der Waals surface area contributed by atoms with Crippen LogP contribution in [-0.2, 0) is 5.41 Å². The van der Waals surface area contributed by atoms with Crippen LogP contribution in [-0.4, -0.2) is 14.5 Å². The Hall–Kier alpha value is -6.00. The summed E-state index contributed by atoms with van der Waals surface area (Å²) >= 11 is 0. The minimum Gasteiger partial charge on any atom is -0.455 e. The summed E-state index contributed by atoms with van der Waals surface area (Å²) in [5.41, 5.74) is 10.5. The lowest BCUT2D eigenvalue weighted by molar-refractivity contribution is 0.535. The molecule has 230 valence electrons. The molecule has 0 unspecified atom stereocenters. The van der Waals surface area contributed by atoms with Crippen LogP contribution in [0.4, 0.5) is 0 Å². The molecule has 0 amide bonds. The summed E-state index contributed by atoms with van der Waals surface area (Å²) in [5.74, 6) is 0.628. The zero-order valence-corrected chi connectivity index (χ0v) is 26.9. The highest BCUT2D eigenvalue weighted by atomic mass is 16.3. The summed E-state index contributed by atoms with van der Waals surface area (Å²) in [6.07, 6.45) is 9.39. The van der Waals surface area contributed by atoms with E-state index in [1.807, 2.05) is 18.2 Å². The largest absolute Gasteiger partial charge is 0.455 e. The summed E-state index contributed by atoms with van der Waals surface area (Å²) in [4.78, 5) is 10.7. The number of fused-ring (bicyclic) bond motifs is 10. The quantitative estimate of drug-likeness (QED) is 0.198. The highest BCUT2D eigenvalue weighted by Crippen LogP contribution is 2.50. The molecule has 1 aliphatic carbocycles. The maximum atomic E-state index is 6.82. The minimum atomic E-state index is -0.294. The van der Waals surface area contributed by atoms with Crippen molar-refractivity contribution in [2.45, 2.75) is 25.7 Å². The molecule has 0 saturated heterocycles. The summed E-state index contributed by atoms with van der Waals surface area (Å²) in [5, 5.41) is 4.45. The molecule has 0 saturated carbocycles. The lowest BCUT2D eigenvalue weighted by atomic mass is 9.76. The topological polar surface area (TPSA) is 43.9 Å². The predicted octanol–water partition coefficient (Wildman–Crippen LogP) is 11.6. The molecule has 48 heavy (non-hydrogen) atoms. The van der Waals surface area contributed by atoms with E-state index in [1.54, 1.807) is 0 Å². The Morgan fingerprint density at radius 1 is 0.708 bits per heavy atom. The Labute approximate surface area is 279 Å². The number of benzene rings is 5. The van der Waals surface area contributed by atoms with Gasteiger partial charge in [-0.1, -0.05) is 142 Å². The van der Waals surface area contributed by atoms with E-state index in [-0.39, 0.29) is 5.41 Å². The van der Waals surface area contributed by atoms with Gasteiger partial charge in [-0.05, 0) is 41.2 Å². The number of furan rings is 1. The first-order chi connectivity index (χ1) is 23.5. The molecule has 0 aliphatic heterocycles. The number of hydrogen-bond donors (Lipinski definition) is 0. The molecule has 3 aromatic heterocycles. The summed E-state index contributed by atoms with van der Waals surface area (Å²) in [6.45, 7) is 9.28. The average Bonchev–Trinajstić information content (AvgIpc) is 3.68. The van der Waals surface area contributed by atoms with Gasteiger partial charge in [0.1, 0.15) is 11.2 Å². The number of nitrogens with zero attached hydrogens (tertiary/aromatic N) is 3. The molecule has 9 rings (SSSR count). The van der Waals surface area contributed by atoms with Crippen LogP contribution >= 0.6 is 0 Å². The summed E-state index contributed by atoms with van der Waals surface area (Å²) < 4.78 is 9.12. The second-order valence-corrected chi connectivity index (χ2v) is 13.2. The van der Waals surface area contributed by atoms with Gasteiger partial charge in [-0.15, -0.1) is 0 Å². The van der Waals surface area contributed by atoms with Gasteiger partial charge >= 0.3 is 0 Å². The standard InChI is InChI=1S/C44H33N3O/c1-28-17-7-6-16-26-44(2,3)40-37(28)42-39(32-23-13-15-25-36(32)48-42)38-31-22-12-14-24-35(31)47(41(38)40)43-45-33(29-18-8-4-9-19-29)27-34(46-43)30-20-10-5-11-21-30/h4-25,27H,1,26H2,2-3H3/b16-6-,17-7-. The molecule has 5 aromatic carbocycles. The Morgan fingerprint density at radius 3 is 2.04 bits per heavy atom. The minimum absolute atomic E-state index is 0.294. The Kier molecular flexibility index (Phi) is 6.34. The second-order valence-electron chi connectivity index (χ2n) is 13.2. The lowest BCUT2D eigenvalue weighted by Gasteiger charge is -2.29. The van der Waals surface area contributed by atoms with Crippen molar-refractivity contribution in [1.29, 1.82) is 0 Å². The fraction of sp³-hybridized carbons (Fsp3) is 0.0909. The monoisotopic (exact) mass is 619 g/mol. The molecule has 0 bridgehead atoms. The Balaban J connectivity index is 1.53. The van der Waals surface area contributed by atoms with Crippen LogP contribution in [0.3, 0.4) is 0 Å². The SMILES string of the molecule is C=C1/C=C\C=C/CC(C)(C)c2c1c1oc3ccccc3c1c1c3ccccc3n(-c3nc(-c4ccccc4)cc(-c4ccccc4)n3)c21. The molecule has 0 radical (unpaired) electrons. The van der Waals surface area contributed by atoms with E-state index < -0.39 is 0 Å². The first-order valence-electron chi connectivity index (χ1n) is 16.4. The van der Waals surface area contributed by atoms with Gasteiger partial charge in [0.2, 0.25) is 5.95 Å². The van der Waals surface area contributed by atoms with Crippen molar-refractivity contribution in [1.82, 2.24) is 14.5 Å². The highest BCUT2D eigenvalue weighted by molar-refractivity contribution is 6.30. The molecule has 1 aliphatic rings. The zero-order chi connectivity index (χ0) is 32.4. The van der Waals surface area contributed by atoms with Crippen molar-refractivity contribution in [3.63, 3.8) is 0 Å². The Morgan fingerprint density at radius 2 is 1.33 bits per heavy atom. The maximum Gasteiger partial charge on any atom is 0.235 e. The van der Waals surface area contributed by atoms with Gasteiger partial charge in [-0.25, -0.2) is 9.97 Å². The number of para-hydroxylation sites is 2. The normalized spacial score (nSPS) is 15.8. The number of rotatable bonds is 3. The molecule has 0 N–H and O–H groups in total. The van der Waals surface area contributed by atoms with Crippen LogP contribution in [0.1, 0.15) is 31.4 Å². The third kappa shape index (κ3) is 4.30. The highest BCUT2D eigenvalue weighted by Gasteiger charge is 2.34. The van der Waals surface area contributed by atoms with Crippen molar-refractivity contribution in [2.24, 2.45) is 0 Å². The molecule has 0 atom stereocenters. The van der Waals surface area contributed by atoms with Gasteiger partial charge in [0.25, 0.3) is 0 Å². The van der Waals surface area contributed by atoms with Crippen molar-refractivity contribution in [3.05, 3.63) is 157 Å². The average molecular weight is 620 g/mol. The smallest absolute Gasteiger partial charge is 0.235 e. The summed E-state index contributed by atoms with van der Waals surface area (Å²) in [6, 6.07) is 39.8. The van der Waals surface area contributed by atoms with E-state index in [0.717, 1.165) is 83.8 Å². The molecule has 8 aromatic rings. The molecule has 0 spiro atoms. The first-order valence-corrected chi connectivity index (χ1v) is 16.4. The fourth-order valence-electron chi connectivity index (χ4n) is 7.45. The van der Waals surface area contributed by atoms with E-state index >= 15 is 0 Å². The van der Waals surface area contributed by atoms with Crippen molar-refractivity contribution in [2.75, 3.05) is 0 Å². The zero-order valence-electron chi connectivity index (χ0n) is 26.9. The van der Waals surface area contributed by atoms with Crippen molar-refractivity contribution in [3.8, 4) is 28.5 Å². The van der Waals surface area contributed by atoms with Gasteiger partial charge < -0.3 is 4.42 Å². The first kappa shape index (κ1) is 28.2. The van der Waals surface area contributed by atoms with E-state index in [0.29, 0.717) is 5.95 Å².